The molecule has 0 spiro atoms. The van der Waals surface area contributed by atoms with Gasteiger partial charge in [-0.2, -0.15) is 4.80 Å². The molecule has 1 heterocycles. The lowest BCUT2D eigenvalue weighted by atomic mass is 10.2. The molecule has 2 aromatic carbocycles. The van der Waals surface area contributed by atoms with Crippen molar-refractivity contribution >= 4 is 15.7 Å². The van der Waals surface area contributed by atoms with E-state index in [0.717, 1.165) is 0 Å². The number of methoxy groups -OCH3 is 1. The molecule has 0 amide bonds. The third kappa shape index (κ3) is 3.61. The standard InChI is InChI=1S/C16H17N5O3S/c1-3-21-18-16(17-20-21)14-6-4-5-7-15(14)19-25(22,23)13-10-8-12(24-2)9-11-13/h4-11,19H,3H2,1-2H3. The zero-order valence-corrected chi connectivity index (χ0v) is 14.6. The number of para-hydroxylation sites is 1. The second-order valence-electron chi connectivity index (χ2n) is 5.13. The van der Waals surface area contributed by atoms with E-state index in [0.29, 0.717) is 29.4 Å². The zero-order valence-electron chi connectivity index (χ0n) is 13.7. The number of aromatic nitrogens is 4. The first-order chi connectivity index (χ1) is 12.0. The van der Waals surface area contributed by atoms with Gasteiger partial charge in [0.15, 0.2) is 0 Å². The largest absolute Gasteiger partial charge is 0.497 e. The molecule has 0 unspecified atom stereocenters. The molecule has 0 aliphatic carbocycles. The molecule has 0 radical (unpaired) electrons. The Labute approximate surface area is 145 Å². The number of ether oxygens (including phenoxy) is 1. The molecule has 25 heavy (non-hydrogen) atoms. The van der Waals surface area contributed by atoms with Crippen molar-refractivity contribution in [1.29, 1.82) is 0 Å². The summed E-state index contributed by atoms with van der Waals surface area (Å²) in [4.78, 5) is 1.57. The van der Waals surface area contributed by atoms with E-state index in [4.69, 9.17) is 4.74 Å². The summed E-state index contributed by atoms with van der Waals surface area (Å²) in [6.07, 6.45) is 0. The number of nitrogens with one attached hydrogen (secondary N) is 1. The van der Waals surface area contributed by atoms with Crippen molar-refractivity contribution in [2.75, 3.05) is 11.8 Å². The first kappa shape index (κ1) is 16.9. The number of anilines is 1. The SMILES string of the molecule is CCn1nnc(-c2ccccc2NS(=O)(=O)c2ccc(OC)cc2)n1. The Hall–Kier alpha value is -2.94. The second kappa shape index (κ2) is 6.89. The summed E-state index contributed by atoms with van der Waals surface area (Å²) >= 11 is 0. The number of benzene rings is 2. The molecule has 0 fully saturated rings. The van der Waals surface area contributed by atoms with Crippen molar-refractivity contribution in [1.82, 2.24) is 20.2 Å². The van der Waals surface area contributed by atoms with E-state index >= 15 is 0 Å². The van der Waals surface area contributed by atoms with Crippen LogP contribution in [-0.2, 0) is 16.6 Å². The van der Waals surface area contributed by atoms with Crippen LogP contribution < -0.4 is 9.46 Å². The van der Waals surface area contributed by atoms with E-state index < -0.39 is 10.0 Å². The van der Waals surface area contributed by atoms with E-state index in [2.05, 4.69) is 20.1 Å². The molecule has 0 aliphatic heterocycles. The van der Waals surface area contributed by atoms with E-state index in [1.54, 1.807) is 36.4 Å². The van der Waals surface area contributed by atoms with Gasteiger partial charge in [0, 0.05) is 5.56 Å². The van der Waals surface area contributed by atoms with Crippen LogP contribution in [0.15, 0.2) is 53.4 Å². The third-order valence-electron chi connectivity index (χ3n) is 3.52. The minimum Gasteiger partial charge on any atom is -0.497 e. The average Bonchev–Trinajstić information content (AvgIpc) is 3.11. The fourth-order valence-electron chi connectivity index (χ4n) is 2.21. The van der Waals surface area contributed by atoms with Crippen molar-refractivity contribution in [3.63, 3.8) is 0 Å². The molecule has 0 aliphatic rings. The van der Waals surface area contributed by atoms with Crippen LogP contribution in [0.5, 0.6) is 5.75 Å². The summed E-state index contributed by atoms with van der Waals surface area (Å²) < 4.78 is 32.9. The lowest BCUT2D eigenvalue weighted by Crippen LogP contribution is -2.13. The maximum absolute atomic E-state index is 12.6. The smallest absolute Gasteiger partial charge is 0.261 e. The van der Waals surface area contributed by atoms with Gasteiger partial charge in [-0.05, 0) is 48.5 Å². The topological polar surface area (TPSA) is 99.0 Å². The van der Waals surface area contributed by atoms with Crippen LogP contribution >= 0.6 is 0 Å². The quantitative estimate of drug-likeness (QED) is 0.724. The van der Waals surface area contributed by atoms with Gasteiger partial charge in [-0.15, -0.1) is 10.2 Å². The third-order valence-corrected chi connectivity index (χ3v) is 4.90. The van der Waals surface area contributed by atoms with Crippen molar-refractivity contribution < 1.29 is 13.2 Å². The Bertz CT molecular complexity index is 967. The molecule has 3 aromatic rings. The van der Waals surface area contributed by atoms with Crippen LogP contribution in [0.25, 0.3) is 11.4 Å². The van der Waals surface area contributed by atoms with Crippen LogP contribution in [0.2, 0.25) is 0 Å². The Balaban J connectivity index is 1.94. The summed E-state index contributed by atoms with van der Waals surface area (Å²) in [5, 5.41) is 12.1. The molecule has 8 nitrogen and oxygen atoms in total. The van der Waals surface area contributed by atoms with Gasteiger partial charge in [0.05, 0.1) is 24.2 Å². The van der Waals surface area contributed by atoms with Gasteiger partial charge in [-0.25, -0.2) is 8.42 Å². The summed E-state index contributed by atoms with van der Waals surface area (Å²) in [5.41, 5.74) is 0.938. The Morgan fingerprint density at radius 2 is 1.84 bits per heavy atom. The summed E-state index contributed by atoms with van der Waals surface area (Å²) in [7, 11) is -2.23. The predicted octanol–water partition coefficient (Wildman–Crippen LogP) is 2.17. The van der Waals surface area contributed by atoms with Gasteiger partial charge in [0.25, 0.3) is 10.0 Å². The van der Waals surface area contributed by atoms with E-state index in [9.17, 15) is 8.42 Å². The molecular formula is C16H17N5O3S. The number of sulfonamides is 1. The van der Waals surface area contributed by atoms with Crippen LogP contribution in [0.3, 0.4) is 0 Å². The van der Waals surface area contributed by atoms with Crippen molar-refractivity contribution in [3.05, 3.63) is 48.5 Å². The highest BCUT2D eigenvalue weighted by Gasteiger charge is 2.18. The zero-order chi connectivity index (χ0) is 17.9. The number of aryl methyl sites for hydroxylation is 1. The highest BCUT2D eigenvalue weighted by molar-refractivity contribution is 7.92. The van der Waals surface area contributed by atoms with Crippen LogP contribution in [0, 0.1) is 0 Å². The molecule has 0 bridgehead atoms. The van der Waals surface area contributed by atoms with Crippen molar-refractivity contribution in [3.8, 4) is 17.1 Å². The average molecular weight is 359 g/mol. The molecule has 0 atom stereocenters. The minimum absolute atomic E-state index is 0.133. The van der Waals surface area contributed by atoms with Gasteiger partial charge in [0.1, 0.15) is 5.75 Å². The number of rotatable bonds is 6. The lowest BCUT2D eigenvalue weighted by molar-refractivity contribution is 0.414. The minimum atomic E-state index is -3.76. The summed E-state index contributed by atoms with van der Waals surface area (Å²) in [6, 6.07) is 13.1. The van der Waals surface area contributed by atoms with E-state index in [1.807, 2.05) is 6.92 Å². The van der Waals surface area contributed by atoms with Gasteiger partial charge in [-0.1, -0.05) is 12.1 Å². The molecular weight excluding hydrogens is 342 g/mol. The lowest BCUT2D eigenvalue weighted by Gasteiger charge is -2.11. The Morgan fingerprint density at radius 1 is 1.12 bits per heavy atom. The molecule has 1 N–H and O–H groups in total. The van der Waals surface area contributed by atoms with Gasteiger partial charge in [-0.3, -0.25) is 4.72 Å². The molecule has 130 valence electrons. The van der Waals surface area contributed by atoms with Crippen molar-refractivity contribution in [2.45, 2.75) is 18.4 Å². The predicted molar refractivity (Wildman–Crippen MR) is 92.7 cm³/mol. The number of hydrogen-bond acceptors (Lipinski definition) is 6. The van der Waals surface area contributed by atoms with Crippen LogP contribution in [0.4, 0.5) is 5.69 Å². The van der Waals surface area contributed by atoms with Crippen LogP contribution in [0.1, 0.15) is 6.92 Å². The van der Waals surface area contributed by atoms with Crippen LogP contribution in [-0.4, -0.2) is 35.7 Å². The molecule has 1 aromatic heterocycles. The highest BCUT2D eigenvalue weighted by atomic mass is 32.2. The fraction of sp³-hybridized carbons (Fsp3) is 0.188. The first-order valence-electron chi connectivity index (χ1n) is 7.57. The van der Waals surface area contributed by atoms with E-state index in [-0.39, 0.29) is 4.90 Å². The maximum atomic E-state index is 12.6. The normalized spacial score (nSPS) is 11.3. The number of nitrogens with zero attached hydrogens (tertiary/aromatic N) is 4. The second-order valence-corrected chi connectivity index (χ2v) is 6.81. The summed E-state index contributed by atoms with van der Waals surface area (Å²) in [5.74, 6) is 0.939. The van der Waals surface area contributed by atoms with Gasteiger partial charge < -0.3 is 4.74 Å². The van der Waals surface area contributed by atoms with E-state index in [1.165, 1.54) is 24.0 Å². The monoisotopic (exact) mass is 359 g/mol. The Morgan fingerprint density at radius 3 is 2.48 bits per heavy atom. The van der Waals surface area contributed by atoms with Gasteiger partial charge >= 0.3 is 0 Å². The van der Waals surface area contributed by atoms with Gasteiger partial charge in [0.2, 0.25) is 5.82 Å². The maximum Gasteiger partial charge on any atom is 0.261 e. The number of hydrogen-bond donors (Lipinski definition) is 1. The van der Waals surface area contributed by atoms with Crippen molar-refractivity contribution in [2.24, 2.45) is 0 Å². The number of tetrazole rings is 1. The molecule has 0 saturated carbocycles. The Kier molecular flexibility index (Phi) is 4.66. The highest BCUT2D eigenvalue weighted by Crippen LogP contribution is 2.27. The summed E-state index contributed by atoms with van der Waals surface area (Å²) in [6.45, 7) is 2.47. The molecule has 3 rings (SSSR count). The fourth-order valence-corrected chi connectivity index (χ4v) is 3.29. The molecule has 9 heteroatoms. The molecule has 0 saturated heterocycles. The first-order valence-corrected chi connectivity index (χ1v) is 9.06.